The fourth-order valence-corrected chi connectivity index (χ4v) is 1.79. The van der Waals surface area contributed by atoms with E-state index in [1.54, 1.807) is 0 Å². The summed E-state index contributed by atoms with van der Waals surface area (Å²) in [6.45, 7) is 1.37. The van der Waals surface area contributed by atoms with Crippen LogP contribution in [0.25, 0.3) is 0 Å². The molecule has 0 aromatic carbocycles. The summed E-state index contributed by atoms with van der Waals surface area (Å²) in [5.74, 6) is 0. The molecule has 0 aliphatic carbocycles. The molecule has 1 aromatic rings. The molecule has 0 radical (unpaired) electrons. The van der Waals surface area contributed by atoms with Crippen LogP contribution in [-0.2, 0) is 21.7 Å². The first kappa shape index (κ1) is 10.1. The van der Waals surface area contributed by atoms with E-state index in [1.807, 2.05) is 0 Å². The van der Waals surface area contributed by atoms with Crippen molar-refractivity contribution in [1.82, 2.24) is 9.78 Å². The molecule has 0 fully saturated rings. The average molecular weight is 208 g/mol. The second-order valence-electron chi connectivity index (χ2n) is 2.49. The minimum atomic E-state index is -4.72. The van der Waals surface area contributed by atoms with E-state index in [1.165, 1.54) is 20.2 Å². The highest BCUT2D eigenvalue weighted by Crippen LogP contribution is 2.16. The molecule has 0 aliphatic rings. The summed E-state index contributed by atoms with van der Waals surface area (Å²) < 4.78 is 39.5. The molecule has 0 amide bonds. The fraction of sp³-hybridized carbons (Fsp3) is 0.500. The number of aromatic nitrogens is 2. The second kappa shape index (κ2) is 3.43. The van der Waals surface area contributed by atoms with Gasteiger partial charge in [0, 0.05) is 12.7 Å². The van der Waals surface area contributed by atoms with E-state index in [4.69, 9.17) is 0 Å². The van der Waals surface area contributed by atoms with Gasteiger partial charge in [-0.3, -0.25) is 0 Å². The Balaban J connectivity index is 3.25. The Kier molecular flexibility index (Phi) is 2.67. The third kappa shape index (κ3) is 2.04. The van der Waals surface area contributed by atoms with Gasteiger partial charge in [0.05, 0.1) is 6.20 Å². The van der Waals surface area contributed by atoms with E-state index >= 15 is 0 Å². The van der Waals surface area contributed by atoms with Crippen LogP contribution >= 0.6 is 0 Å². The quantitative estimate of drug-likeness (QED) is 0.677. The largest absolute Gasteiger partial charge is 0.362 e. The molecule has 0 atom stereocenters. The van der Waals surface area contributed by atoms with Gasteiger partial charge in [-0.1, -0.05) is 3.89 Å². The number of methoxy groups -OCH3 is 1. The lowest BCUT2D eigenvalue weighted by molar-refractivity contribution is 0.112. The normalized spacial score (nSPS) is 11.9. The van der Waals surface area contributed by atoms with Crippen molar-refractivity contribution >= 4 is 10.2 Å². The number of ether oxygens (including phenoxy) is 1. The summed E-state index contributed by atoms with van der Waals surface area (Å²) in [7, 11) is -3.36. The van der Waals surface area contributed by atoms with Gasteiger partial charge in [0.15, 0.2) is 5.03 Å². The zero-order valence-corrected chi connectivity index (χ0v) is 8.01. The average Bonchev–Trinajstić information content (AvgIpc) is 2.31. The lowest BCUT2D eigenvalue weighted by atomic mass is 10.4. The first-order chi connectivity index (χ1) is 5.96. The summed E-state index contributed by atoms with van der Waals surface area (Å²) in [5.41, 5.74) is 0.263. The van der Waals surface area contributed by atoms with Crippen LogP contribution in [0.4, 0.5) is 3.89 Å². The molecule has 13 heavy (non-hydrogen) atoms. The number of hydrogen-bond donors (Lipinski definition) is 0. The maximum atomic E-state index is 12.7. The lowest BCUT2D eigenvalue weighted by Crippen LogP contribution is -2.09. The van der Waals surface area contributed by atoms with Gasteiger partial charge in [-0.15, -0.1) is 0 Å². The van der Waals surface area contributed by atoms with Gasteiger partial charge in [-0.2, -0.15) is 13.5 Å². The molecular weight excluding hydrogens is 199 g/mol. The third-order valence-electron chi connectivity index (χ3n) is 1.44. The Hall–Kier alpha value is -0.950. The standard InChI is InChI=1S/C6H9FN2O3S/c1-5-3-8-9(4-12-2)6(5)13(7,10)11/h3H,4H2,1-2H3. The Morgan fingerprint density at radius 2 is 2.31 bits per heavy atom. The highest BCUT2D eigenvalue weighted by Gasteiger charge is 2.21. The van der Waals surface area contributed by atoms with E-state index in [0.717, 1.165) is 4.68 Å². The maximum Gasteiger partial charge on any atom is 0.349 e. The van der Waals surface area contributed by atoms with Gasteiger partial charge in [0.1, 0.15) is 6.73 Å². The van der Waals surface area contributed by atoms with Gasteiger partial charge in [0.25, 0.3) is 0 Å². The topological polar surface area (TPSA) is 61.2 Å². The Morgan fingerprint density at radius 1 is 1.69 bits per heavy atom. The van der Waals surface area contributed by atoms with Crippen molar-refractivity contribution < 1.29 is 17.0 Å². The molecule has 1 rings (SSSR count). The van der Waals surface area contributed by atoms with Crippen molar-refractivity contribution in [2.45, 2.75) is 18.7 Å². The molecule has 0 bridgehead atoms. The highest BCUT2D eigenvalue weighted by atomic mass is 32.3. The van der Waals surface area contributed by atoms with Crippen LogP contribution in [0.3, 0.4) is 0 Å². The van der Waals surface area contributed by atoms with Gasteiger partial charge in [-0.05, 0) is 6.92 Å². The molecular formula is C6H9FN2O3S. The van der Waals surface area contributed by atoms with Crippen molar-refractivity contribution in [3.63, 3.8) is 0 Å². The zero-order valence-electron chi connectivity index (χ0n) is 7.19. The van der Waals surface area contributed by atoms with Crippen molar-refractivity contribution in [2.75, 3.05) is 7.11 Å². The van der Waals surface area contributed by atoms with Gasteiger partial charge in [0.2, 0.25) is 0 Å². The summed E-state index contributed by atoms with van der Waals surface area (Å²) in [5, 5.41) is 3.19. The number of rotatable bonds is 3. The number of halogens is 1. The first-order valence-corrected chi connectivity index (χ1v) is 4.81. The molecule has 0 saturated heterocycles. The molecule has 0 aliphatic heterocycles. The van der Waals surface area contributed by atoms with Gasteiger partial charge in [-0.25, -0.2) is 4.68 Å². The molecule has 1 heterocycles. The highest BCUT2D eigenvalue weighted by molar-refractivity contribution is 7.86. The molecule has 0 spiro atoms. The molecule has 0 N–H and O–H groups in total. The molecule has 5 nitrogen and oxygen atoms in total. The monoisotopic (exact) mass is 208 g/mol. The van der Waals surface area contributed by atoms with Gasteiger partial charge >= 0.3 is 10.2 Å². The smallest absolute Gasteiger partial charge is 0.349 e. The molecule has 7 heteroatoms. The van der Waals surface area contributed by atoms with E-state index in [2.05, 4.69) is 9.84 Å². The van der Waals surface area contributed by atoms with Crippen LogP contribution < -0.4 is 0 Å². The molecule has 0 unspecified atom stereocenters. The molecule has 74 valence electrons. The third-order valence-corrected chi connectivity index (χ3v) is 2.44. The van der Waals surface area contributed by atoms with E-state index in [-0.39, 0.29) is 12.3 Å². The van der Waals surface area contributed by atoms with Crippen molar-refractivity contribution in [1.29, 1.82) is 0 Å². The van der Waals surface area contributed by atoms with E-state index in [0.29, 0.717) is 0 Å². The summed E-state index contributed by atoms with van der Waals surface area (Å²) in [6, 6.07) is 0. The predicted octanol–water partition coefficient (Wildman–Crippen LogP) is 0.454. The van der Waals surface area contributed by atoms with Crippen LogP contribution in [0, 0.1) is 6.92 Å². The van der Waals surface area contributed by atoms with Crippen molar-refractivity contribution in [3.05, 3.63) is 11.8 Å². The van der Waals surface area contributed by atoms with Crippen LogP contribution in [0.1, 0.15) is 5.56 Å². The number of hydrogen-bond acceptors (Lipinski definition) is 4. The van der Waals surface area contributed by atoms with Crippen LogP contribution in [0.15, 0.2) is 11.2 Å². The maximum absolute atomic E-state index is 12.7. The SMILES string of the molecule is COCn1ncc(C)c1S(=O)(=O)F. The Bertz CT molecular complexity index is 398. The second-order valence-corrected chi connectivity index (χ2v) is 3.75. The molecule has 1 aromatic heterocycles. The predicted molar refractivity (Wildman–Crippen MR) is 42.3 cm³/mol. The number of nitrogens with zero attached hydrogens (tertiary/aromatic N) is 2. The van der Waals surface area contributed by atoms with Crippen LogP contribution in [0.2, 0.25) is 0 Å². The Labute approximate surface area is 75.3 Å². The van der Waals surface area contributed by atoms with Crippen LogP contribution in [0.5, 0.6) is 0 Å². The van der Waals surface area contributed by atoms with E-state index in [9.17, 15) is 12.3 Å². The molecule has 0 saturated carbocycles. The summed E-state index contributed by atoms with van der Waals surface area (Å²) in [6.07, 6.45) is 1.27. The Morgan fingerprint density at radius 3 is 2.77 bits per heavy atom. The fourth-order valence-electron chi connectivity index (χ4n) is 1.000. The summed E-state index contributed by atoms with van der Waals surface area (Å²) in [4.78, 5) is 0. The van der Waals surface area contributed by atoms with Crippen molar-refractivity contribution in [3.8, 4) is 0 Å². The summed E-state index contributed by atoms with van der Waals surface area (Å²) >= 11 is 0. The van der Waals surface area contributed by atoms with E-state index < -0.39 is 15.2 Å². The number of aryl methyl sites for hydroxylation is 1. The van der Waals surface area contributed by atoms with Crippen LogP contribution in [-0.4, -0.2) is 25.3 Å². The first-order valence-electron chi connectivity index (χ1n) is 3.43. The van der Waals surface area contributed by atoms with Crippen molar-refractivity contribution in [2.24, 2.45) is 0 Å². The van der Waals surface area contributed by atoms with Gasteiger partial charge < -0.3 is 4.74 Å². The zero-order chi connectivity index (χ0) is 10.1. The minimum Gasteiger partial charge on any atom is -0.362 e. The minimum absolute atomic E-state index is 0.0909. The lowest BCUT2D eigenvalue weighted by Gasteiger charge is -2.02.